The van der Waals surface area contributed by atoms with Crippen molar-refractivity contribution >= 4 is 46.5 Å². The highest BCUT2D eigenvalue weighted by Gasteiger charge is 2.36. The molecule has 1 heterocycles. The number of likely N-dealkylation sites (N-methyl/N-ethyl adjacent to an activating group) is 1. The van der Waals surface area contributed by atoms with Crippen molar-refractivity contribution in [3.05, 3.63) is 33.8 Å². The summed E-state index contributed by atoms with van der Waals surface area (Å²) >= 11 is 16.9. The molecule has 1 aromatic rings. The number of amides is 1. The lowest BCUT2D eigenvalue weighted by atomic mass is 10.1. The zero-order valence-electron chi connectivity index (χ0n) is 8.24. The maximum atomic E-state index is 11.3. The third-order valence-electron chi connectivity index (χ3n) is 2.29. The molecule has 0 radical (unpaired) electrons. The fourth-order valence-electron chi connectivity index (χ4n) is 1.41. The van der Waals surface area contributed by atoms with Crippen molar-refractivity contribution in [3.63, 3.8) is 0 Å². The summed E-state index contributed by atoms with van der Waals surface area (Å²) in [6.07, 6.45) is -1.07. The van der Waals surface area contributed by atoms with Crippen molar-refractivity contribution < 1.29 is 9.53 Å². The van der Waals surface area contributed by atoms with Crippen LogP contribution in [0.5, 0.6) is 0 Å². The van der Waals surface area contributed by atoms with Crippen LogP contribution >= 0.6 is 35.4 Å². The van der Waals surface area contributed by atoms with Gasteiger partial charge in [0.15, 0.2) is 6.10 Å². The van der Waals surface area contributed by atoms with Gasteiger partial charge in [0.05, 0.1) is 0 Å². The molecule has 1 aromatic carbocycles. The Labute approximate surface area is 108 Å². The monoisotopic (exact) mass is 275 g/mol. The third kappa shape index (κ3) is 1.88. The summed E-state index contributed by atoms with van der Waals surface area (Å²) in [4.78, 5) is 13.0. The lowest BCUT2D eigenvalue weighted by Gasteiger charge is -2.11. The van der Waals surface area contributed by atoms with Crippen LogP contribution in [0.1, 0.15) is 11.7 Å². The number of hydrogen-bond acceptors (Lipinski definition) is 3. The Morgan fingerprint density at radius 1 is 1.44 bits per heavy atom. The highest BCUT2D eigenvalue weighted by atomic mass is 35.5. The molecule has 2 rings (SSSR count). The molecule has 6 heteroatoms. The first-order valence-corrected chi connectivity index (χ1v) is 5.60. The van der Waals surface area contributed by atoms with E-state index in [9.17, 15) is 4.79 Å². The van der Waals surface area contributed by atoms with Crippen molar-refractivity contribution in [2.75, 3.05) is 7.05 Å². The zero-order chi connectivity index (χ0) is 11.9. The normalized spacial score (nSPS) is 20.2. The van der Waals surface area contributed by atoms with Gasteiger partial charge in [-0.25, -0.2) is 4.79 Å². The number of halogens is 2. The fraction of sp³-hybridized carbons (Fsp3) is 0.200. The summed E-state index contributed by atoms with van der Waals surface area (Å²) in [5.74, 6) is 0. The molecule has 3 nitrogen and oxygen atoms in total. The van der Waals surface area contributed by atoms with E-state index in [-0.39, 0.29) is 0 Å². The van der Waals surface area contributed by atoms with Crippen LogP contribution in [0.25, 0.3) is 0 Å². The van der Waals surface area contributed by atoms with E-state index in [4.69, 9.17) is 40.2 Å². The minimum atomic E-state index is -0.600. The number of thiocarbonyl (C=S) groups is 1. The summed E-state index contributed by atoms with van der Waals surface area (Å²) in [7, 11) is 1.56. The van der Waals surface area contributed by atoms with Crippen molar-refractivity contribution in [1.82, 2.24) is 4.90 Å². The Balaban J connectivity index is 2.39. The molecule has 1 unspecified atom stereocenters. The number of carbonyl (C=O) groups is 1. The quantitative estimate of drug-likeness (QED) is 0.736. The van der Waals surface area contributed by atoms with Crippen LogP contribution in [0.3, 0.4) is 0 Å². The maximum Gasteiger partial charge on any atom is 0.415 e. The SMILES string of the molecule is CN1C(=O)OC(c2ccc(Cl)cc2Cl)C1=S. The topological polar surface area (TPSA) is 29.5 Å². The van der Waals surface area contributed by atoms with Crippen LogP contribution in [-0.4, -0.2) is 23.0 Å². The van der Waals surface area contributed by atoms with Gasteiger partial charge in [0.1, 0.15) is 4.99 Å². The molecule has 1 fully saturated rings. The minimum Gasteiger partial charge on any atom is -0.433 e. The number of benzene rings is 1. The lowest BCUT2D eigenvalue weighted by molar-refractivity contribution is 0.137. The predicted molar refractivity (Wildman–Crippen MR) is 66.0 cm³/mol. The molecule has 0 saturated carbocycles. The molecule has 1 aliphatic rings. The molecule has 0 aliphatic carbocycles. The van der Waals surface area contributed by atoms with Gasteiger partial charge in [0.25, 0.3) is 0 Å². The number of rotatable bonds is 1. The molecule has 16 heavy (non-hydrogen) atoms. The van der Waals surface area contributed by atoms with E-state index in [1.807, 2.05) is 0 Å². The van der Waals surface area contributed by atoms with Gasteiger partial charge in [-0.1, -0.05) is 41.5 Å². The average molecular weight is 276 g/mol. The van der Waals surface area contributed by atoms with Crippen molar-refractivity contribution in [3.8, 4) is 0 Å². The van der Waals surface area contributed by atoms with E-state index in [0.717, 1.165) is 0 Å². The number of cyclic esters (lactones) is 1. The van der Waals surface area contributed by atoms with Gasteiger partial charge < -0.3 is 4.74 Å². The van der Waals surface area contributed by atoms with Crippen molar-refractivity contribution in [2.45, 2.75) is 6.10 Å². The summed E-state index contributed by atoms with van der Waals surface area (Å²) < 4.78 is 5.11. The molecular formula is C10H7Cl2NO2S. The number of carbonyl (C=O) groups excluding carboxylic acids is 1. The van der Waals surface area contributed by atoms with Gasteiger partial charge in [0.2, 0.25) is 0 Å². The molecule has 84 valence electrons. The van der Waals surface area contributed by atoms with E-state index in [2.05, 4.69) is 0 Å². The first-order chi connectivity index (χ1) is 7.50. The molecule has 1 aliphatic heterocycles. The van der Waals surface area contributed by atoms with Crippen molar-refractivity contribution in [2.24, 2.45) is 0 Å². The lowest BCUT2D eigenvalue weighted by Crippen LogP contribution is -2.22. The second-order valence-electron chi connectivity index (χ2n) is 3.33. The van der Waals surface area contributed by atoms with E-state index >= 15 is 0 Å². The van der Waals surface area contributed by atoms with Gasteiger partial charge in [-0.05, 0) is 12.1 Å². The van der Waals surface area contributed by atoms with Gasteiger partial charge >= 0.3 is 6.09 Å². The largest absolute Gasteiger partial charge is 0.433 e. The van der Waals surface area contributed by atoms with E-state index in [1.165, 1.54) is 4.90 Å². The molecule has 1 saturated heterocycles. The van der Waals surface area contributed by atoms with E-state index < -0.39 is 12.2 Å². The zero-order valence-corrected chi connectivity index (χ0v) is 10.6. The summed E-state index contributed by atoms with van der Waals surface area (Å²) in [5.41, 5.74) is 0.647. The van der Waals surface area contributed by atoms with Gasteiger partial charge in [0, 0.05) is 22.7 Å². The predicted octanol–water partition coefficient (Wildman–Crippen LogP) is 3.44. The Bertz CT molecular complexity index is 478. The van der Waals surface area contributed by atoms with Crippen molar-refractivity contribution in [1.29, 1.82) is 0 Å². The number of ether oxygens (including phenoxy) is 1. The van der Waals surface area contributed by atoms with Crippen LogP contribution in [0, 0.1) is 0 Å². The fourth-order valence-corrected chi connectivity index (χ4v) is 2.16. The van der Waals surface area contributed by atoms with Crippen LogP contribution in [0.4, 0.5) is 4.79 Å². The number of hydrogen-bond donors (Lipinski definition) is 0. The number of nitrogens with zero attached hydrogens (tertiary/aromatic N) is 1. The highest BCUT2D eigenvalue weighted by Crippen LogP contribution is 2.33. The molecular weight excluding hydrogens is 269 g/mol. The minimum absolute atomic E-state index is 0.397. The second kappa shape index (κ2) is 4.20. The first kappa shape index (κ1) is 11.6. The second-order valence-corrected chi connectivity index (χ2v) is 4.59. The Hall–Kier alpha value is -0.840. The summed E-state index contributed by atoms with van der Waals surface area (Å²) in [6.45, 7) is 0. The molecule has 0 aromatic heterocycles. The van der Waals surface area contributed by atoms with Crippen LogP contribution < -0.4 is 0 Å². The Morgan fingerprint density at radius 3 is 2.62 bits per heavy atom. The molecule has 0 bridgehead atoms. The Morgan fingerprint density at radius 2 is 2.12 bits per heavy atom. The van der Waals surface area contributed by atoms with Crippen LogP contribution in [-0.2, 0) is 4.74 Å². The third-order valence-corrected chi connectivity index (χ3v) is 3.34. The average Bonchev–Trinajstić information content (AvgIpc) is 2.46. The standard InChI is InChI=1S/C10H7Cl2NO2S/c1-13-9(16)8(15-10(13)14)6-3-2-5(11)4-7(6)12/h2-4,8H,1H3. The van der Waals surface area contributed by atoms with Gasteiger partial charge in [-0.2, -0.15) is 0 Å². The Kier molecular flexibility index (Phi) is 3.06. The first-order valence-electron chi connectivity index (χ1n) is 4.44. The van der Waals surface area contributed by atoms with E-state index in [1.54, 1.807) is 25.2 Å². The van der Waals surface area contributed by atoms with Crippen LogP contribution in [0.15, 0.2) is 18.2 Å². The molecule has 1 amide bonds. The van der Waals surface area contributed by atoms with Gasteiger partial charge in [-0.15, -0.1) is 0 Å². The summed E-state index contributed by atoms with van der Waals surface area (Å²) in [6, 6.07) is 4.97. The molecule has 1 atom stereocenters. The van der Waals surface area contributed by atoms with Crippen LogP contribution in [0.2, 0.25) is 10.0 Å². The smallest absolute Gasteiger partial charge is 0.415 e. The molecule has 0 N–H and O–H groups in total. The summed E-state index contributed by atoms with van der Waals surface area (Å²) in [5, 5.41) is 0.959. The highest BCUT2D eigenvalue weighted by molar-refractivity contribution is 7.80. The van der Waals surface area contributed by atoms with E-state index in [0.29, 0.717) is 20.6 Å². The van der Waals surface area contributed by atoms with Gasteiger partial charge in [-0.3, -0.25) is 4.90 Å². The maximum absolute atomic E-state index is 11.3. The molecule has 0 spiro atoms.